The lowest BCUT2D eigenvalue weighted by Gasteiger charge is -2.07. The van der Waals surface area contributed by atoms with E-state index >= 15 is 0 Å². The van der Waals surface area contributed by atoms with E-state index < -0.39 is 0 Å². The van der Waals surface area contributed by atoms with Gasteiger partial charge in [0.1, 0.15) is 2.41 Å². The quantitative estimate of drug-likeness (QED) is 0.304. The summed E-state index contributed by atoms with van der Waals surface area (Å²) in [6, 6.07) is 0. The Kier molecular flexibility index (Phi) is 8.72. The van der Waals surface area contributed by atoms with Crippen molar-refractivity contribution in [2.75, 3.05) is 0 Å². The van der Waals surface area contributed by atoms with Crippen LogP contribution in [0.4, 0.5) is 0 Å². The summed E-state index contributed by atoms with van der Waals surface area (Å²) in [6.07, 6.45) is 5.98. The van der Waals surface area contributed by atoms with Gasteiger partial charge in [-0.15, -0.1) is 12.3 Å². The van der Waals surface area contributed by atoms with Gasteiger partial charge in [0.2, 0.25) is 0 Å². The molecule has 0 amide bonds. The van der Waals surface area contributed by atoms with E-state index in [0.717, 1.165) is 0 Å². The highest BCUT2D eigenvalue weighted by molar-refractivity contribution is 14.3. The molecule has 0 N–H and O–H groups in total. The summed E-state index contributed by atoms with van der Waals surface area (Å²) >= 11 is 6.21. The SMILES string of the molecule is C#CC[C@H](C)OSP(I)I. The van der Waals surface area contributed by atoms with E-state index in [1.807, 2.05) is 6.92 Å². The third-order valence-corrected chi connectivity index (χ3v) is 4.69. The van der Waals surface area contributed by atoms with Crippen LogP contribution in [0.1, 0.15) is 13.3 Å². The van der Waals surface area contributed by atoms with Crippen LogP contribution in [-0.4, -0.2) is 6.10 Å². The highest BCUT2D eigenvalue weighted by Gasteiger charge is 2.03. The molecule has 0 saturated heterocycles. The van der Waals surface area contributed by atoms with Crippen LogP contribution in [0.15, 0.2) is 0 Å². The van der Waals surface area contributed by atoms with Gasteiger partial charge in [0.05, 0.1) is 6.10 Å². The molecular weight excluding hydrogens is 393 g/mol. The Morgan fingerprint density at radius 3 is 2.80 bits per heavy atom. The smallest absolute Gasteiger partial charge is 0.113 e. The standard InChI is InChI=1S/C5H7I2OPS/c1-3-4-5(2)8-10-9(6)7/h1,5H,4H2,2H3/t5-/m0/s1. The fourth-order valence-corrected chi connectivity index (χ4v) is 2.89. The van der Waals surface area contributed by atoms with Gasteiger partial charge >= 0.3 is 0 Å². The lowest BCUT2D eigenvalue weighted by molar-refractivity contribution is 0.276. The van der Waals surface area contributed by atoms with E-state index in [9.17, 15) is 0 Å². The van der Waals surface area contributed by atoms with Gasteiger partial charge in [-0.2, -0.15) is 0 Å². The Morgan fingerprint density at radius 1 is 1.80 bits per heavy atom. The van der Waals surface area contributed by atoms with Crippen LogP contribution >= 0.6 is 58.2 Å². The molecule has 0 aromatic carbocycles. The summed E-state index contributed by atoms with van der Waals surface area (Å²) in [7, 11) is 0. The molecule has 0 aliphatic carbocycles. The van der Waals surface area contributed by atoms with Crippen molar-refractivity contribution >= 4 is 58.2 Å². The van der Waals surface area contributed by atoms with E-state index in [0.29, 0.717) is 6.42 Å². The molecule has 0 unspecified atom stereocenters. The first-order chi connectivity index (χ1) is 4.66. The molecule has 1 nitrogen and oxygen atoms in total. The highest BCUT2D eigenvalue weighted by atomic mass is 127. The summed E-state index contributed by atoms with van der Waals surface area (Å²) in [5, 5.41) is 0. The lowest BCUT2D eigenvalue weighted by Crippen LogP contribution is -1.99. The van der Waals surface area contributed by atoms with Crippen LogP contribution in [0.5, 0.6) is 0 Å². The molecule has 0 aromatic rings. The third kappa shape index (κ3) is 7.86. The molecule has 58 valence electrons. The Hall–Kier alpha value is 1.76. The normalized spacial score (nSPS) is 13.1. The average molecular weight is 400 g/mol. The fraction of sp³-hybridized carbons (Fsp3) is 0.600. The predicted octanol–water partition coefficient (Wildman–Crippen LogP) is 4.16. The van der Waals surface area contributed by atoms with Crippen LogP contribution in [-0.2, 0) is 4.18 Å². The van der Waals surface area contributed by atoms with Gasteiger partial charge in [0.15, 0.2) is 0 Å². The van der Waals surface area contributed by atoms with Crippen molar-refractivity contribution in [1.29, 1.82) is 0 Å². The van der Waals surface area contributed by atoms with Crippen molar-refractivity contribution < 1.29 is 4.18 Å². The van der Waals surface area contributed by atoms with Crippen LogP contribution in [0, 0.1) is 12.3 Å². The Balaban J connectivity index is 3.23. The topological polar surface area (TPSA) is 9.23 Å². The van der Waals surface area contributed by atoms with Gasteiger partial charge < -0.3 is 4.18 Å². The van der Waals surface area contributed by atoms with E-state index in [1.54, 1.807) is 0 Å². The third-order valence-electron chi connectivity index (χ3n) is 0.669. The van der Waals surface area contributed by atoms with E-state index in [4.69, 9.17) is 10.6 Å². The molecule has 0 heterocycles. The van der Waals surface area contributed by atoms with Gasteiger partial charge in [-0.25, -0.2) is 0 Å². The summed E-state index contributed by atoms with van der Waals surface area (Å²) in [4.78, 5) is 0. The number of hydrogen-bond acceptors (Lipinski definition) is 2. The van der Waals surface area contributed by atoms with Crippen molar-refractivity contribution in [3.8, 4) is 12.3 Å². The van der Waals surface area contributed by atoms with Crippen molar-refractivity contribution in [3.63, 3.8) is 0 Å². The van der Waals surface area contributed by atoms with Crippen LogP contribution in [0.3, 0.4) is 0 Å². The largest absolute Gasteiger partial charge is 0.306 e. The van der Waals surface area contributed by atoms with Crippen LogP contribution < -0.4 is 0 Å². The maximum Gasteiger partial charge on any atom is 0.113 e. The monoisotopic (exact) mass is 400 g/mol. The molecule has 0 radical (unpaired) electrons. The van der Waals surface area contributed by atoms with Gasteiger partial charge in [0, 0.05) is 18.1 Å². The van der Waals surface area contributed by atoms with Crippen molar-refractivity contribution in [2.24, 2.45) is 0 Å². The molecule has 0 fully saturated rings. The summed E-state index contributed by atoms with van der Waals surface area (Å²) < 4.78 is 5.25. The van der Waals surface area contributed by atoms with E-state index in [-0.39, 0.29) is 8.51 Å². The molecule has 1 atom stereocenters. The zero-order valence-corrected chi connectivity index (χ0v) is 11.4. The molecule has 0 aliphatic rings. The zero-order chi connectivity index (χ0) is 7.98. The van der Waals surface area contributed by atoms with Gasteiger partial charge in [-0.3, -0.25) is 0 Å². The van der Waals surface area contributed by atoms with Crippen LogP contribution in [0.2, 0.25) is 0 Å². The first-order valence-electron chi connectivity index (χ1n) is 2.55. The molecule has 0 bridgehead atoms. The maximum absolute atomic E-state index is 5.33. The van der Waals surface area contributed by atoms with Gasteiger partial charge in [-0.1, -0.05) is 0 Å². The van der Waals surface area contributed by atoms with Crippen LogP contribution in [0.25, 0.3) is 0 Å². The number of rotatable bonds is 4. The molecule has 0 rings (SSSR count). The molecule has 0 aromatic heterocycles. The molecular formula is C5H7I2OPS. The molecule has 5 heteroatoms. The van der Waals surface area contributed by atoms with E-state index in [2.05, 4.69) is 50.0 Å². The molecule has 0 aliphatic heterocycles. The van der Waals surface area contributed by atoms with Crippen molar-refractivity contribution in [3.05, 3.63) is 0 Å². The zero-order valence-electron chi connectivity index (χ0n) is 5.38. The number of halogens is 2. The maximum atomic E-state index is 5.33. The first-order valence-corrected chi connectivity index (χ1v) is 10.8. The van der Waals surface area contributed by atoms with Gasteiger partial charge in [0.25, 0.3) is 0 Å². The molecule has 0 spiro atoms. The average Bonchev–Trinajstić information content (AvgIpc) is 1.85. The first kappa shape index (κ1) is 11.8. The second-order valence-electron chi connectivity index (χ2n) is 1.59. The Bertz CT molecular complexity index is 125. The van der Waals surface area contributed by atoms with E-state index in [1.165, 1.54) is 11.7 Å². The fourth-order valence-electron chi connectivity index (χ4n) is 0.306. The molecule has 0 saturated carbocycles. The Morgan fingerprint density at radius 2 is 2.40 bits per heavy atom. The minimum atomic E-state index is -0.0779. The van der Waals surface area contributed by atoms with Crippen molar-refractivity contribution in [2.45, 2.75) is 19.4 Å². The Labute approximate surface area is 93.1 Å². The number of hydrogen-bond donors (Lipinski definition) is 0. The second kappa shape index (κ2) is 7.41. The highest BCUT2D eigenvalue weighted by Crippen LogP contribution is 2.65. The summed E-state index contributed by atoms with van der Waals surface area (Å²) in [5.41, 5.74) is 0. The minimum absolute atomic E-state index is 0.0779. The van der Waals surface area contributed by atoms with Gasteiger partial charge in [-0.05, 0) is 51.0 Å². The lowest BCUT2D eigenvalue weighted by atomic mass is 10.3. The summed E-state index contributed by atoms with van der Waals surface area (Å²) in [5.74, 6) is 2.56. The predicted molar refractivity (Wildman–Crippen MR) is 66.5 cm³/mol. The number of terminal acetylenes is 1. The summed E-state index contributed by atoms with van der Waals surface area (Å²) in [6.45, 7) is 1.99. The second-order valence-corrected chi connectivity index (χ2v) is 19.1. The van der Waals surface area contributed by atoms with Crippen molar-refractivity contribution in [1.82, 2.24) is 0 Å². The molecule has 10 heavy (non-hydrogen) atoms. The minimum Gasteiger partial charge on any atom is -0.306 e.